The minimum absolute atomic E-state index is 0.0963. The second-order valence-electron chi connectivity index (χ2n) is 8.85. The number of aromatic nitrogens is 1. The monoisotopic (exact) mass is 462 g/mol. The lowest BCUT2D eigenvalue weighted by molar-refractivity contribution is -0.120. The van der Waals surface area contributed by atoms with Crippen LogP contribution in [0.25, 0.3) is 11.3 Å². The minimum atomic E-state index is 0.0963. The van der Waals surface area contributed by atoms with E-state index in [1.807, 2.05) is 19.1 Å². The molecule has 0 unspecified atom stereocenters. The van der Waals surface area contributed by atoms with Crippen molar-refractivity contribution in [3.8, 4) is 11.3 Å². The van der Waals surface area contributed by atoms with Crippen LogP contribution in [0.2, 0.25) is 0 Å². The van der Waals surface area contributed by atoms with Crippen LogP contribution in [0, 0.1) is 13.8 Å². The summed E-state index contributed by atoms with van der Waals surface area (Å²) in [6, 6.07) is 16.9. The predicted molar refractivity (Wildman–Crippen MR) is 138 cm³/mol. The van der Waals surface area contributed by atoms with Crippen LogP contribution in [-0.2, 0) is 11.2 Å². The number of unbranched alkanes of at least 4 members (excludes halogenated alkanes) is 1. The van der Waals surface area contributed by atoms with E-state index in [9.17, 15) is 4.79 Å². The summed E-state index contributed by atoms with van der Waals surface area (Å²) in [5, 5.41) is 6.21. The van der Waals surface area contributed by atoms with Gasteiger partial charge in [0.15, 0.2) is 0 Å². The van der Waals surface area contributed by atoms with E-state index in [-0.39, 0.29) is 5.91 Å². The molecule has 33 heavy (non-hydrogen) atoms. The second-order valence-corrected chi connectivity index (χ2v) is 9.91. The fraction of sp³-hybridized carbons (Fsp3) is 0.407. The fourth-order valence-electron chi connectivity index (χ4n) is 4.28. The van der Waals surface area contributed by atoms with Gasteiger partial charge in [-0.3, -0.25) is 9.69 Å². The van der Waals surface area contributed by atoms with Crippen LogP contribution in [0.4, 0.5) is 5.69 Å². The zero-order valence-electron chi connectivity index (χ0n) is 19.7. The van der Waals surface area contributed by atoms with Gasteiger partial charge in [0.1, 0.15) is 0 Å². The summed E-state index contributed by atoms with van der Waals surface area (Å²) in [5.41, 5.74) is 5.80. The molecular weight excluding hydrogens is 428 g/mol. The van der Waals surface area contributed by atoms with Gasteiger partial charge in [-0.2, -0.15) is 0 Å². The SMILES string of the molecule is Cc1cccc(N2CCN(CCCCNC(=O)Cc3ccc(-c4csc(C)n4)cc3)CC2)c1. The molecule has 1 N–H and O–H groups in total. The van der Waals surface area contributed by atoms with Gasteiger partial charge in [0, 0.05) is 49.4 Å². The average Bonchev–Trinajstić information content (AvgIpc) is 3.26. The van der Waals surface area contributed by atoms with Gasteiger partial charge in [-0.1, -0.05) is 36.4 Å². The summed E-state index contributed by atoms with van der Waals surface area (Å²) >= 11 is 1.66. The smallest absolute Gasteiger partial charge is 0.224 e. The van der Waals surface area contributed by atoms with Gasteiger partial charge in [0.2, 0.25) is 5.91 Å². The van der Waals surface area contributed by atoms with Crippen molar-refractivity contribution in [3.05, 3.63) is 70.0 Å². The highest BCUT2D eigenvalue weighted by molar-refractivity contribution is 7.09. The topological polar surface area (TPSA) is 48.5 Å². The van der Waals surface area contributed by atoms with Crippen LogP contribution >= 0.6 is 11.3 Å². The summed E-state index contributed by atoms with van der Waals surface area (Å²) in [4.78, 5) is 21.8. The highest BCUT2D eigenvalue weighted by Crippen LogP contribution is 2.22. The first-order chi connectivity index (χ1) is 16.1. The number of carbonyl (C=O) groups is 1. The molecule has 6 heteroatoms. The number of nitrogens with one attached hydrogen (secondary N) is 1. The van der Waals surface area contributed by atoms with E-state index in [0.717, 1.165) is 73.9 Å². The van der Waals surface area contributed by atoms with E-state index in [0.29, 0.717) is 6.42 Å². The van der Waals surface area contributed by atoms with E-state index in [1.165, 1.54) is 11.3 Å². The number of hydrogen-bond donors (Lipinski definition) is 1. The lowest BCUT2D eigenvalue weighted by atomic mass is 10.1. The van der Waals surface area contributed by atoms with Crippen LogP contribution < -0.4 is 10.2 Å². The van der Waals surface area contributed by atoms with Gasteiger partial charge < -0.3 is 10.2 Å². The van der Waals surface area contributed by atoms with Crippen LogP contribution in [0.15, 0.2) is 53.9 Å². The Balaban J connectivity index is 1.09. The number of aryl methyl sites for hydroxylation is 2. The predicted octanol–water partition coefficient (Wildman–Crippen LogP) is 4.69. The third kappa shape index (κ3) is 6.89. The maximum Gasteiger partial charge on any atom is 0.224 e. The number of amides is 1. The highest BCUT2D eigenvalue weighted by Gasteiger charge is 2.16. The number of anilines is 1. The Hall–Kier alpha value is -2.70. The highest BCUT2D eigenvalue weighted by atomic mass is 32.1. The Labute approximate surface area is 201 Å². The molecule has 0 saturated carbocycles. The van der Waals surface area contributed by atoms with Gasteiger partial charge >= 0.3 is 0 Å². The Morgan fingerprint density at radius 3 is 2.52 bits per heavy atom. The molecule has 2 heterocycles. The van der Waals surface area contributed by atoms with E-state index in [1.54, 1.807) is 11.3 Å². The summed E-state index contributed by atoms with van der Waals surface area (Å²) < 4.78 is 0. The molecule has 3 aromatic rings. The number of hydrogen-bond acceptors (Lipinski definition) is 5. The third-order valence-electron chi connectivity index (χ3n) is 6.20. The summed E-state index contributed by atoms with van der Waals surface area (Å²) in [6.07, 6.45) is 2.57. The van der Waals surface area contributed by atoms with E-state index < -0.39 is 0 Å². The maximum absolute atomic E-state index is 12.3. The first-order valence-corrected chi connectivity index (χ1v) is 12.8. The Bertz CT molecular complexity index is 1040. The van der Waals surface area contributed by atoms with Crippen molar-refractivity contribution in [2.24, 2.45) is 0 Å². The average molecular weight is 463 g/mol. The third-order valence-corrected chi connectivity index (χ3v) is 6.97. The van der Waals surface area contributed by atoms with Crippen LogP contribution in [-0.4, -0.2) is 55.1 Å². The molecule has 1 aliphatic heterocycles. The molecule has 1 aromatic heterocycles. The molecule has 1 saturated heterocycles. The number of rotatable bonds is 9. The first-order valence-electron chi connectivity index (χ1n) is 11.9. The number of nitrogens with zero attached hydrogens (tertiary/aromatic N) is 3. The molecule has 1 amide bonds. The first kappa shape index (κ1) is 23.5. The van der Waals surface area contributed by atoms with Crippen LogP contribution in [0.5, 0.6) is 0 Å². The van der Waals surface area contributed by atoms with Crippen molar-refractivity contribution >= 4 is 22.9 Å². The zero-order chi connectivity index (χ0) is 23.0. The number of piperazine rings is 1. The van der Waals surface area contributed by atoms with Gasteiger partial charge in [0.25, 0.3) is 0 Å². The van der Waals surface area contributed by atoms with Gasteiger partial charge in [0.05, 0.1) is 17.1 Å². The number of carbonyl (C=O) groups excluding carboxylic acids is 1. The van der Waals surface area contributed by atoms with Gasteiger partial charge in [-0.05, 0) is 56.5 Å². The van der Waals surface area contributed by atoms with Crippen molar-refractivity contribution < 1.29 is 4.79 Å². The number of thiazole rings is 1. The molecule has 0 bridgehead atoms. The van der Waals surface area contributed by atoms with Crippen LogP contribution in [0.3, 0.4) is 0 Å². The largest absolute Gasteiger partial charge is 0.369 e. The van der Waals surface area contributed by atoms with Crippen molar-refractivity contribution in [2.45, 2.75) is 33.1 Å². The molecule has 0 aliphatic carbocycles. The molecule has 174 valence electrons. The van der Waals surface area contributed by atoms with Gasteiger partial charge in [-0.25, -0.2) is 4.98 Å². The summed E-state index contributed by atoms with van der Waals surface area (Å²) in [6.45, 7) is 10.4. The number of benzene rings is 2. The quantitative estimate of drug-likeness (QED) is 0.469. The molecule has 2 aromatic carbocycles. The van der Waals surface area contributed by atoms with E-state index >= 15 is 0 Å². The van der Waals surface area contributed by atoms with Crippen molar-refractivity contribution in [3.63, 3.8) is 0 Å². The molecule has 0 spiro atoms. The van der Waals surface area contributed by atoms with Gasteiger partial charge in [-0.15, -0.1) is 11.3 Å². The molecule has 5 nitrogen and oxygen atoms in total. The second kappa shape index (κ2) is 11.4. The summed E-state index contributed by atoms with van der Waals surface area (Å²) in [7, 11) is 0. The molecule has 0 radical (unpaired) electrons. The maximum atomic E-state index is 12.3. The molecule has 1 aliphatic rings. The summed E-state index contributed by atoms with van der Waals surface area (Å²) in [5.74, 6) is 0.0963. The molecule has 0 atom stereocenters. The molecule has 4 rings (SSSR count). The van der Waals surface area contributed by atoms with Crippen molar-refractivity contribution in [2.75, 3.05) is 44.2 Å². The zero-order valence-corrected chi connectivity index (χ0v) is 20.5. The van der Waals surface area contributed by atoms with E-state index in [2.05, 4.69) is 68.8 Å². The normalized spacial score (nSPS) is 14.4. The molecule has 1 fully saturated rings. The lowest BCUT2D eigenvalue weighted by Gasteiger charge is -2.36. The Morgan fingerprint density at radius 1 is 1.03 bits per heavy atom. The fourth-order valence-corrected chi connectivity index (χ4v) is 4.90. The van der Waals surface area contributed by atoms with Crippen LogP contribution in [0.1, 0.15) is 29.0 Å². The standard InChI is InChI=1S/C27H34N4OS/c1-21-6-5-7-25(18-21)31-16-14-30(15-17-31)13-4-3-12-28-27(32)19-23-8-10-24(11-9-23)26-20-33-22(2)29-26/h5-11,18,20H,3-4,12-17,19H2,1-2H3,(H,28,32). The Morgan fingerprint density at radius 2 is 1.82 bits per heavy atom. The van der Waals surface area contributed by atoms with Crippen molar-refractivity contribution in [1.82, 2.24) is 15.2 Å². The van der Waals surface area contributed by atoms with E-state index in [4.69, 9.17) is 0 Å². The Kier molecular flexibility index (Phi) is 8.13. The lowest BCUT2D eigenvalue weighted by Crippen LogP contribution is -2.46. The van der Waals surface area contributed by atoms with Crippen molar-refractivity contribution in [1.29, 1.82) is 0 Å². The minimum Gasteiger partial charge on any atom is -0.369 e. The molecular formula is C27H34N4OS.